The molecule has 0 unspecified atom stereocenters. The van der Waals surface area contributed by atoms with Gasteiger partial charge in [-0.2, -0.15) is 0 Å². The molecule has 1 heterocycles. The molecule has 17 heavy (non-hydrogen) atoms. The minimum absolute atomic E-state index is 0.978. The molecule has 1 nitrogen and oxygen atoms in total. The van der Waals surface area contributed by atoms with Crippen molar-refractivity contribution in [1.29, 1.82) is 0 Å². The maximum Gasteiger partial charge on any atom is 0.138 e. The van der Waals surface area contributed by atoms with Crippen LogP contribution >= 0.6 is 0 Å². The Bertz CT molecular complexity index is 657. The number of rotatable bonds is 0. The van der Waals surface area contributed by atoms with Crippen molar-refractivity contribution >= 4 is 23.1 Å². The van der Waals surface area contributed by atoms with Crippen LogP contribution in [0.3, 0.4) is 0 Å². The highest BCUT2D eigenvalue weighted by molar-refractivity contribution is 5.82. The van der Waals surface area contributed by atoms with E-state index in [0.717, 1.165) is 17.4 Å². The Morgan fingerprint density at radius 2 is 2.00 bits per heavy atom. The fourth-order valence-electron chi connectivity index (χ4n) is 2.05. The fraction of sp³-hybridized carbons (Fsp3) is 0.250. The number of benzene rings is 1. The highest BCUT2D eigenvalue weighted by atomic mass is 16.3. The summed E-state index contributed by atoms with van der Waals surface area (Å²) in [6.45, 7) is 6.08. The predicted molar refractivity (Wildman–Crippen MR) is 74.2 cm³/mol. The third kappa shape index (κ3) is 2.05. The van der Waals surface area contributed by atoms with E-state index in [1.807, 2.05) is 19.9 Å². The molecule has 0 saturated heterocycles. The summed E-state index contributed by atoms with van der Waals surface area (Å²) in [7, 11) is 0. The van der Waals surface area contributed by atoms with Crippen molar-refractivity contribution in [2.24, 2.45) is 0 Å². The monoisotopic (exact) mass is 226 g/mol. The summed E-state index contributed by atoms with van der Waals surface area (Å²) in [5.74, 6) is 0. The first-order valence-electron chi connectivity index (χ1n) is 6.21. The highest BCUT2D eigenvalue weighted by Gasteiger charge is 2.04. The van der Waals surface area contributed by atoms with Crippen molar-refractivity contribution < 1.29 is 4.42 Å². The number of para-hydroxylation sites is 1. The van der Waals surface area contributed by atoms with Gasteiger partial charge in [0.25, 0.3) is 0 Å². The lowest BCUT2D eigenvalue weighted by Crippen LogP contribution is -2.18. The molecule has 0 saturated carbocycles. The smallest absolute Gasteiger partial charge is 0.138 e. The maximum absolute atomic E-state index is 5.86. The third-order valence-corrected chi connectivity index (χ3v) is 2.82. The lowest BCUT2D eigenvalue weighted by atomic mass is 10.1. The van der Waals surface area contributed by atoms with E-state index in [9.17, 15) is 0 Å². The minimum Gasteiger partial charge on any atom is -0.456 e. The molecule has 1 aromatic carbocycles. The molecule has 0 spiro atoms. The van der Waals surface area contributed by atoms with Gasteiger partial charge in [-0.25, -0.2) is 0 Å². The lowest BCUT2D eigenvalue weighted by molar-refractivity contribution is 0.573. The van der Waals surface area contributed by atoms with Crippen molar-refractivity contribution in [3.63, 3.8) is 0 Å². The van der Waals surface area contributed by atoms with Crippen molar-refractivity contribution in [2.75, 3.05) is 0 Å². The van der Waals surface area contributed by atoms with Gasteiger partial charge in [-0.15, -0.1) is 0 Å². The zero-order chi connectivity index (χ0) is 12.3. The van der Waals surface area contributed by atoms with Crippen LogP contribution in [-0.2, 0) is 0 Å². The molecule has 1 aromatic heterocycles. The number of fused-ring (bicyclic) bond motifs is 3. The van der Waals surface area contributed by atoms with Crippen LogP contribution in [0.15, 0.2) is 34.8 Å². The van der Waals surface area contributed by atoms with E-state index in [0.29, 0.717) is 0 Å². The zero-order valence-corrected chi connectivity index (χ0v) is 10.7. The first-order valence-corrected chi connectivity index (χ1v) is 6.21. The molecular formula is C16H18O. The molecule has 88 valence electrons. The molecule has 0 fully saturated rings. The van der Waals surface area contributed by atoms with E-state index < -0.39 is 0 Å². The Hall–Kier alpha value is -1.76. The van der Waals surface area contributed by atoms with E-state index in [1.165, 1.54) is 16.2 Å². The molecule has 2 aromatic rings. The van der Waals surface area contributed by atoms with Crippen LogP contribution in [0, 0.1) is 6.92 Å². The summed E-state index contributed by atoms with van der Waals surface area (Å²) in [4.78, 5) is 0. The lowest BCUT2D eigenvalue weighted by Gasteiger charge is -1.91. The van der Waals surface area contributed by atoms with E-state index >= 15 is 0 Å². The van der Waals surface area contributed by atoms with E-state index in [4.69, 9.17) is 4.42 Å². The van der Waals surface area contributed by atoms with Gasteiger partial charge in [-0.1, -0.05) is 50.3 Å². The first-order chi connectivity index (χ1) is 8.36. The second kappa shape index (κ2) is 5.05. The van der Waals surface area contributed by atoms with Gasteiger partial charge >= 0.3 is 0 Å². The number of hydrogen-bond acceptors (Lipinski definition) is 1. The molecule has 0 aliphatic heterocycles. The van der Waals surface area contributed by atoms with Gasteiger partial charge in [0, 0.05) is 10.6 Å². The predicted octanol–water partition coefficient (Wildman–Crippen LogP) is 3.29. The first kappa shape index (κ1) is 11.7. The van der Waals surface area contributed by atoms with Crippen LogP contribution in [-0.4, -0.2) is 0 Å². The van der Waals surface area contributed by atoms with E-state index in [1.54, 1.807) is 0 Å². The molecule has 0 atom stereocenters. The van der Waals surface area contributed by atoms with Gasteiger partial charge in [0.2, 0.25) is 0 Å². The molecular weight excluding hydrogens is 208 g/mol. The van der Waals surface area contributed by atoms with E-state index in [2.05, 4.69) is 43.4 Å². The fourth-order valence-corrected chi connectivity index (χ4v) is 2.05. The quantitative estimate of drug-likeness (QED) is 0.672. The van der Waals surface area contributed by atoms with Crippen LogP contribution in [0.1, 0.15) is 25.8 Å². The van der Waals surface area contributed by atoms with Crippen LogP contribution in [0.5, 0.6) is 0 Å². The molecule has 0 bridgehead atoms. The number of hydrogen-bond donors (Lipinski definition) is 0. The van der Waals surface area contributed by atoms with Crippen LogP contribution < -0.4 is 10.6 Å². The second-order valence-corrected chi connectivity index (χ2v) is 3.87. The largest absolute Gasteiger partial charge is 0.456 e. The maximum atomic E-state index is 5.86. The molecule has 1 heteroatoms. The van der Waals surface area contributed by atoms with E-state index in [-0.39, 0.29) is 0 Å². The standard InChI is InChI=1S/C14H12O.C2H6/c1-10-6-5-8-12-11-7-3-2-4-9-13(11)15-14(10)12;1-2/h2,4-9H,3H2,1H3;1-2H3. The van der Waals surface area contributed by atoms with Gasteiger partial charge in [0.15, 0.2) is 0 Å². The number of furan rings is 1. The molecule has 0 amide bonds. The average Bonchev–Trinajstić information content (AvgIpc) is 2.58. The summed E-state index contributed by atoms with van der Waals surface area (Å²) in [6.07, 6.45) is 9.43. The average molecular weight is 226 g/mol. The van der Waals surface area contributed by atoms with Crippen LogP contribution in [0.4, 0.5) is 0 Å². The molecule has 0 N–H and O–H groups in total. The Balaban J connectivity index is 0.000000514. The summed E-state index contributed by atoms with van der Waals surface area (Å²) in [5, 5.41) is 2.46. The molecule has 3 rings (SSSR count). The van der Waals surface area contributed by atoms with Gasteiger partial charge in [0.1, 0.15) is 11.0 Å². The van der Waals surface area contributed by atoms with Gasteiger partial charge in [-0.3, -0.25) is 0 Å². The molecule has 1 aliphatic carbocycles. The second-order valence-electron chi connectivity index (χ2n) is 3.87. The molecule has 0 radical (unpaired) electrons. The summed E-state index contributed by atoms with van der Waals surface area (Å²) < 4.78 is 5.86. The highest BCUT2D eigenvalue weighted by Crippen LogP contribution is 2.13. The van der Waals surface area contributed by atoms with Gasteiger partial charge < -0.3 is 4.42 Å². The minimum atomic E-state index is 0.978. The third-order valence-electron chi connectivity index (χ3n) is 2.82. The van der Waals surface area contributed by atoms with Crippen molar-refractivity contribution in [3.8, 4) is 0 Å². The zero-order valence-electron chi connectivity index (χ0n) is 10.7. The summed E-state index contributed by atoms with van der Waals surface area (Å²) in [6, 6.07) is 6.29. The SMILES string of the molecule is CC.Cc1cccc2c3c(oc12)=CC=CCC=3. The molecule has 1 aliphatic rings. The Morgan fingerprint density at radius 1 is 1.18 bits per heavy atom. The van der Waals surface area contributed by atoms with Gasteiger partial charge in [0.05, 0.1) is 0 Å². The van der Waals surface area contributed by atoms with Crippen LogP contribution in [0.25, 0.3) is 23.1 Å². The van der Waals surface area contributed by atoms with Crippen molar-refractivity contribution in [2.45, 2.75) is 27.2 Å². The summed E-state index contributed by atoms with van der Waals surface area (Å²) >= 11 is 0. The van der Waals surface area contributed by atoms with Gasteiger partial charge in [-0.05, 0) is 25.0 Å². The topological polar surface area (TPSA) is 13.1 Å². The Morgan fingerprint density at radius 3 is 2.82 bits per heavy atom. The van der Waals surface area contributed by atoms with Crippen molar-refractivity contribution in [3.05, 3.63) is 46.5 Å². The number of allylic oxidation sites excluding steroid dienone is 2. The number of aryl methyl sites for hydroxylation is 1. The summed E-state index contributed by atoms with van der Waals surface area (Å²) in [5.41, 5.74) is 3.20. The normalized spacial score (nSPS) is 12.9. The Labute approximate surface area is 102 Å². The van der Waals surface area contributed by atoms with Crippen LogP contribution in [0.2, 0.25) is 0 Å². The van der Waals surface area contributed by atoms with Crippen molar-refractivity contribution in [1.82, 2.24) is 0 Å². The Kier molecular flexibility index (Phi) is 3.48.